The molecule has 2 amide bonds. The molecule has 0 radical (unpaired) electrons. The number of fused-ring (bicyclic) bond motifs is 1. The van der Waals surface area contributed by atoms with E-state index in [0.717, 1.165) is 0 Å². The summed E-state index contributed by atoms with van der Waals surface area (Å²) in [5, 5.41) is 8.99. The predicted molar refractivity (Wildman–Crippen MR) is 74.4 cm³/mol. The van der Waals surface area contributed by atoms with Crippen LogP contribution in [0.3, 0.4) is 0 Å². The van der Waals surface area contributed by atoms with Gasteiger partial charge in [0.1, 0.15) is 11.5 Å². The SMILES string of the molecule is Cc1cc(NC(=O)c2ccc3c(c2)NC(=O)C(C)O3)no1. The first-order chi connectivity index (χ1) is 10.0. The van der Waals surface area contributed by atoms with Crippen LogP contribution >= 0.6 is 0 Å². The number of aromatic nitrogens is 1. The third kappa shape index (κ3) is 2.58. The van der Waals surface area contributed by atoms with Crippen molar-refractivity contribution in [3.05, 3.63) is 35.6 Å². The van der Waals surface area contributed by atoms with Crippen LogP contribution in [-0.4, -0.2) is 23.1 Å². The third-order valence-corrected chi connectivity index (χ3v) is 3.04. The van der Waals surface area contributed by atoms with Crippen LogP contribution < -0.4 is 15.4 Å². The Labute approximate surface area is 120 Å². The summed E-state index contributed by atoms with van der Waals surface area (Å²) in [5.74, 6) is 0.886. The van der Waals surface area contributed by atoms with E-state index in [1.54, 1.807) is 38.1 Å². The van der Waals surface area contributed by atoms with Crippen molar-refractivity contribution in [1.29, 1.82) is 0 Å². The molecule has 1 unspecified atom stereocenters. The quantitative estimate of drug-likeness (QED) is 0.880. The van der Waals surface area contributed by atoms with Crippen LogP contribution in [0.25, 0.3) is 0 Å². The molecule has 1 aliphatic rings. The molecule has 1 aromatic carbocycles. The van der Waals surface area contributed by atoms with Gasteiger partial charge < -0.3 is 19.9 Å². The van der Waals surface area contributed by atoms with Crippen molar-refractivity contribution in [2.45, 2.75) is 20.0 Å². The molecule has 108 valence electrons. The number of benzene rings is 1. The van der Waals surface area contributed by atoms with E-state index in [0.29, 0.717) is 28.6 Å². The van der Waals surface area contributed by atoms with Crippen LogP contribution in [0.2, 0.25) is 0 Å². The number of carbonyl (C=O) groups excluding carboxylic acids is 2. The molecule has 0 saturated heterocycles. The zero-order chi connectivity index (χ0) is 15.0. The van der Waals surface area contributed by atoms with E-state index in [4.69, 9.17) is 9.26 Å². The summed E-state index contributed by atoms with van der Waals surface area (Å²) in [4.78, 5) is 23.7. The van der Waals surface area contributed by atoms with Crippen molar-refractivity contribution in [3.8, 4) is 5.75 Å². The van der Waals surface area contributed by atoms with Gasteiger partial charge in [-0.25, -0.2) is 0 Å². The van der Waals surface area contributed by atoms with E-state index >= 15 is 0 Å². The fourth-order valence-corrected chi connectivity index (χ4v) is 1.96. The second-order valence-electron chi connectivity index (χ2n) is 4.74. The number of hydrogen-bond donors (Lipinski definition) is 2. The van der Waals surface area contributed by atoms with E-state index in [-0.39, 0.29) is 11.8 Å². The van der Waals surface area contributed by atoms with Gasteiger partial charge in [0.25, 0.3) is 11.8 Å². The van der Waals surface area contributed by atoms with Gasteiger partial charge in [-0.1, -0.05) is 5.16 Å². The minimum Gasteiger partial charge on any atom is -0.479 e. The van der Waals surface area contributed by atoms with Gasteiger partial charge in [0.05, 0.1) is 5.69 Å². The topological polar surface area (TPSA) is 93.5 Å². The van der Waals surface area contributed by atoms with Gasteiger partial charge >= 0.3 is 0 Å². The third-order valence-electron chi connectivity index (χ3n) is 3.04. The maximum absolute atomic E-state index is 12.1. The summed E-state index contributed by atoms with van der Waals surface area (Å²) in [6, 6.07) is 6.43. The summed E-state index contributed by atoms with van der Waals surface area (Å²) in [6.07, 6.45) is -0.546. The molecule has 1 atom stereocenters. The average Bonchev–Trinajstić information content (AvgIpc) is 2.85. The lowest BCUT2D eigenvalue weighted by Gasteiger charge is -2.23. The standard InChI is InChI=1S/C14H13N3O4/c1-7-5-12(17-21-7)16-14(19)9-3-4-11-10(6-9)15-13(18)8(2)20-11/h3-6,8H,1-2H3,(H,15,18)(H,16,17,19). The highest BCUT2D eigenvalue weighted by atomic mass is 16.5. The summed E-state index contributed by atoms with van der Waals surface area (Å²) in [7, 11) is 0. The molecule has 2 N–H and O–H groups in total. The van der Waals surface area contributed by atoms with E-state index < -0.39 is 6.10 Å². The molecule has 7 nitrogen and oxygen atoms in total. The van der Waals surface area contributed by atoms with E-state index in [2.05, 4.69) is 15.8 Å². The molecule has 0 spiro atoms. The van der Waals surface area contributed by atoms with Crippen LogP contribution in [0.1, 0.15) is 23.0 Å². The van der Waals surface area contributed by atoms with Crippen LogP contribution in [-0.2, 0) is 4.79 Å². The van der Waals surface area contributed by atoms with Crippen molar-refractivity contribution in [2.75, 3.05) is 10.6 Å². The second-order valence-corrected chi connectivity index (χ2v) is 4.74. The predicted octanol–water partition coefficient (Wildman–Crippen LogP) is 1.95. The van der Waals surface area contributed by atoms with Gasteiger partial charge in [0.2, 0.25) is 0 Å². The van der Waals surface area contributed by atoms with Crippen molar-refractivity contribution in [1.82, 2.24) is 5.16 Å². The van der Waals surface area contributed by atoms with Crippen molar-refractivity contribution in [2.24, 2.45) is 0 Å². The molecular weight excluding hydrogens is 274 g/mol. The fraction of sp³-hybridized carbons (Fsp3) is 0.214. The van der Waals surface area contributed by atoms with Crippen LogP contribution in [0.5, 0.6) is 5.75 Å². The largest absolute Gasteiger partial charge is 0.479 e. The number of ether oxygens (including phenoxy) is 1. The zero-order valence-electron chi connectivity index (χ0n) is 11.5. The molecule has 0 bridgehead atoms. The number of rotatable bonds is 2. The Kier molecular flexibility index (Phi) is 3.09. The maximum atomic E-state index is 12.1. The Morgan fingerprint density at radius 3 is 2.90 bits per heavy atom. The van der Waals surface area contributed by atoms with Crippen LogP contribution in [0.15, 0.2) is 28.8 Å². The Hall–Kier alpha value is -2.83. The molecule has 0 fully saturated rings. The molecular formula is C14H13N3O4. The highest BCUT2D eigenvalue weighted by molar-refractivity contribution is 6.06. The second kappa shape index (κ2) is 4.93. The average molecular weight is 287 g/mol. The number of carbonyl (C=O) groups is 2. The molecule has 2 heterocycles. The van der Waals surface area contributed by atoms with Crippen molar-refractivity contribution < 1.29 is 18.8 Å². The van der Waals surface area contributed by atoms with Gasteiger partial charge in [0, 0.05) is 11.6 Å². The molecule has 0 saturated carbocycles. The van der Waals surface area contributed by atoms with Crippen molar-refractivity contribution in [3.63, 3.8) is 0 Å². The minimum absolute atomic E-state index is 0.243. The summed E-state index contributed by atoms with van der Waals surface area (Å²) in [6.45, 7) is 3.39. The number of nitrogens with zero attached hydrogens (tertiary/aromatic N) is 1. The first kappa shape index (κ1) is 13.2. The van der Waals surface area contributed by atoms with E-state index in [1.165, 1.54) is 0 Å². The van der Waals surface area contributed by atoms with E-state index in [1.807, 2.05) is 0 Å². The minimum atomic E-state index is -0.546. The highest BCUT2D eigenvalue weighted by Crippen LogP contribution is 2.30. The molecule has 7 heteroatoms. The van der Waals surface area contributed by atoms with Gasteiger partial charge in [-0.15, -0.1) is 0 Å². The van der Waals surface area contributed by atoms with Gasteiger partial charge in [-0.2, -0.15) is 0 Å². The summed E-state index contributed by atoms with van der Waals surface area (Å²) >= 11 is 0. The summed E-state index contributed by atoms with van der Waals surface area (Å²) < 4.78 is 10.3. The lowest BCUT2D eigenvalue weighted by atomic mass is 10.1. The monoisotopic (exact) mass is 287 g/mol. The van der Waals surface area contributed by atoms with E-state index in [9.17, 15) is 9.59 Å². The first-order valence-electron chi connectivity index (χ1n) is 6.39. The molecule has 1 aliphatic heterocycles. The Balaban J connectivity index is 1.82. The summed E-state index contributed by atoms with van der Waals surface area (Å²) in [5.41, 5.74) is 0.856. The molecule has 1 aromatic heterocycles. The zero-order valence-corrected chi connectivity index (χ0v) is 11.5. The normalized spacial score (nSPS) is 16.7. The molecule has 2 aromatic rings. The van der Waals surface area contributed by atoms with Gasteiger partial charge in [0.15, 0.2) is 11.9 Å². The van der Waals surface area contributed by atoms with Crippen LogP contribution in [0, 0.1) is 6.92 Å². The Bertz CT molecular complexity index is 723. The molecule has 21 heavy (non-hydrogen) atoms. The molecule has 0 aliphatic carbocycles. The van der Waals surface area contributed by atoms with Gasteiger partial charge in [-0.3, -0.25) is 9.59 Å². The molecule has 3 rings (SSSR count). The maximum Gasteiger partial charge on any atom is 0.265 e. The smallest absolute Gasteiger partial charge is 0.265 e. The van der Waals surface area contributed by atoms with Crippen molar-refractivity contribution >= 4 is 23.3 Å². The number of amides is 2. The van der Waals surface area contributed by atoms with Crippen LogP contribution in [0.4, 0.5) is 11.5 Å². The fourth-order valence-electron chi connectivity index (χ4n) is 1.96. The lowest BCUT2D eigenvalue weighted by Crippen LogP contribution is -2.34. The Morgan fingerprint density at radius 2 is 2.19 bits per heavy atom. The number of hydrogen-bond acceptors (Lipinski definition) is 5. The Morgan fingerprint density at radius 1 is 1.38 bits per heavy atom. The van der Waals surface area contributed by atoms with Gasteiger partial charge in [-0.05, 0) is 32.0 Å². The highest BCUT2D eigenvalue weighted by Gasteiger charge is 2.24. The first-order valence-corrected chi connectivity index (χ1v) is 6.39. The number of nitrogens with one attached hydrogen (secondary N) is 2. The number of aryl methyl sites for hydroxylation is 1. The number of anilines is 2. The lowest BCUT2D eigenvalue weighted by molar-refractivity contribution is -0.122.